The summed E-state index contributed by atoms with van der Waals surface area (Å²) >= 11 is 0. The second-order valence-corrected chi connectivity index (χ2v) is 4.80. The van der Waals surface area contributed by atoms with E-state index in [0.717, 1.165) is 5.57 Å². The average molecular weight is 200 g/mol. The monoisotopic (exact) mass is 200 g/mol. The average Bonchev–Trinajstić information content (AvgIpc) is 1.79. The summed E-state index contributed by atoms with van der Waals surface area (Å²) in [5.41, 5.74) is -0.936. The second-order valence-electron chi connectivity index (χ2n) is 4.80. The molecule has 0 saturated heterocycles. The van der Waals surface area contributed by atoms with Gasteiger partial charge in [0.2, 0.25) is 0 Å². The Morgan fingerprint density at radius 1 is 1.36 bits per heavy atom. The maximum Gasteiger partial charge on any atom is 0.458 e. The Kier molecular flexibility index (Phi) is 4.37. The number of aliphatic hydroxyl groups is 1. The van der Waals surface area contributed by atoms with Gasteiger partial charge in [-0.2, -0.15) is 0 Å². The van der Waals surface area contributed by atoms with E-state index in [4.69, 9.17) is 4.65 Å². The molecule has 0 unspecified atom stereocenters. The largest absolute Gasteiger partial charge is 0.458 e. The predicted molar refractivity (Wildman–Crippen MR) is 59.1 cm³/mol. The molecule has 0 radical (unpaired) electrons. The molecule has 0 aromatic heterocycles. The molecule has 0 saturated carbocycles. The van der Waals surface area contributed by atoms with Gasteiger partial charge in [-0.05, 0) is 34.6 Å². The maximum absolute atomic E-state index is 9.77. The van der Waals surface area contributed by atoms with Crippen LogP contribution in [0.2, 0.25) is 6.32 Å². The molecule has 0 bridgehead atoms. The Hall–Kier alpha value is -0.315. The van der Waals surface area contributed by atoms with Gasteiger partial charge in [-0.3, -0.25) is 0 Å². The lowest BCUT2D eigenvalue weighted by Crippen LogP contribution is -2.50. The summed E-state index contributed by atoms with van der Waals surface area (Å²) in [6, 6.07) is 0. The smallest absolute Gasteiger partial charge is 0.427 e. The first-order valence-electron chi connectivity index (χ1n) is 4.79. The third-order valence-corrected chi connectivity index (χ3v) is 2.43. The minimum absolute atomic E-state index is 0.388. The summed E-state index contributed by atoms with van der Waals surface area (Å²) in [5.74, 6) is 0. The highest BCUT2D eigenvalue weighted by molar-refractivity contribution is 6.43. The van der Waals surface area contributed by atoms with Gasteiger partial charge in [0.15, 0.2) is 0 Å². The Morgan fingerprint density at radius 3 is 2.07 bits per heavy atom. The molecule has 0 aliphatic carbocycles. The molecule has 0 aromatic rings. The molecule has 2 N–H and O–H groups in total. The number of allylic oxidation sites excluding steroid dienone is 1. The van der Waals surface area contributed by atoms with Crippen molar-refractivity contribution in [3.8, 4) is 0 Å². The Morgan fingerprint density at radius 2 is 1.79 bits per heavy atom. The molecule has 0 spiro atoms. The molecule has 4 heteroatoms. The fourth-order valence-corrected chi connectivity index (χ4v) is 0.824. The van der Waals surface area contributed by atoms with E-state index in [-0.39, 0.29) is 0 Å². The van der Waals surface area contributed by atoms with Gasteiger partial charge < -0.3 is 14.8 Å². The van der Waals surface area contributed by atoms with Crippen LogP contribution in [0.3, 0.4) is 0 Å². The highest BCUT2D eigenvalue weighted by Gasteiger charge is 2.38. The molecular weight excluding hydrogens is 179 g/mol. The fourth-order valence-electron chi connectivity index (χ4n) is 0.824. The van der Waals surface area contributed by atoms with Gasteiger partial charge in [0.05, 0.1) is 11.2 Å². The summed E-state index contributed by atoms with van der Waals surface area (Å²) in [4.78, 5) is 0. The summed E-state index contributed by atoms with van der Waals surface area (Å²) < 4.78 is 5.36. The van der Waals surface area contributed by atoms with Crippen LogP contribution in [-0.4, -0.2) is 28.5 Å². The summed E-state index contributed by atoms with van der Waals surface area (Å²) in [6.45, 7) is 12.3. The molecule has 3 nitrogen and oxygen atoms in total. The summed E-state index contributed by atoms with van der Waals surface area (Å²) in [5, 5.41) is 19.3. The van der Waals surface area contributed by atoms with Crippen LogP contribution in [0.1, 0.15) is 34.6 Å². The topological polar surface area (TPSA) is 49.7 Å². The molecule has 0 heterocycles. The van der Waals surface area contributed by atoms with Crippen LogP contribution in [0.25, 0.3) is 0 Å². The molecule has 0 aromatic carbocycles. The highest BCUT2D eigenvalue weighted by Crippen LogP contribution is 2.26. The van der Waals surface area contributed by atoms with Crippen LogP contribution in [-0.2, 0) is 4.65 Å². The molecule has 0 amide bonds. The van der Waals surface area contributed by atoms with Gasteiger partial charge in [0.1, 0.15) is 0 Å². The molecular formula is C10H21BO3. The Labute approximate surface area is 86.9 Å². The van der Waals surface area contributed by atoms with Crippen molar-refractivity contribution in [1.82, 2.24) is 0 Å². The van der Waals surface area contributed by atoms with Crippen molar-refractivity contribution in [1.29, 1.82) is 0 Å². The number of rotatable bonds is 5. The molecule has 0 aliphatic rings. The standard InChI is InChI=1S/C10H21BO3/c1-8(2)7-11(13)14-10(5,6)9(3,4)12/h12-13H,1,7H2,2-6H3. The first kappa shape index (κ1) is 13.7. The van der Waals surface area contributed by atoms with Crippen LogP contribution >= 0.6 is 0 Å². The van der Waals surface area contributed by atoms with Crippen LogP contribution < -0.4 is 0 Å². The Balaban J connectivity index is 4.29. The van der Waals surface area contributed by atoms with E-state index in [1.165, 1.54) is 0 Å². The van der Waals surface area contributed by atoms with Gasteiger partial charge in [0.25, 0.3) is 0 Å². The van der Waals surface area contributed by atoms with Gasteiger partial charge in [-0.1, -0.05) is 5.57 Å². The van der Waals surface area contributed by atoms with Crippen LogP contribution in [0, 0.1) is 0 Å². The lowest BCUT2D eigenvalue weighted by Gasteiger charge is -2.38. The molecule has 0 fully saturated rings. The van der Waals surface area contributed by atoms with Crippen molar-refractivity contribution in [3.63, 3.8) is 0 Å². The number of hydrogen-bond acceptors (Lipinski definition) is 3. The molecule has 82 valence electrons. The quantitative estimate of drug-likeness (QED) is 0.523. The number of hydrogen-bond donors (Lipinski definition) is 2. The van der Waals surface area contributed by atoms with Crippen LogP contribution in [0.5, 0.6) is 0 Å². The van der Waals surface area contributed by atoms with Crippen molar-refractivity contribution < 1.29 is 14.8 Å². The van der Waals surface area contributed by atoms with Crippen LogP contribution in [0.15, 0.2) is 12.2 Å². The summed E-state index contributed by atoms with van der Waals surface area (Å²) in [6.07, 6.45) is 0.388. The van der Waals surface area contributed by atoms with Crippen LogP contribution in [0.4, 0.5) is 0 Å². The van der Waals surface area contributed by atoms with E-state index in [2.05, 4.69) is 6.58 Å². The third-order valence-electron chi connectivity index (χ3n) is 2.43. The zero-order valence-corrected chi connectivity index (χ0v) is 9.79. The van der Waals surface area contributed by atoms with Crippen molar-refractivity contribution in [2.75, 3.05) is 0 Å². The molecule has 0 aliphatic heterocycles. The zero-order chi connectivity index (χ0) is 11.6. The van der Waals surface area contributed by atoms with Crippen molar-refractivity contribution >= 4 is 7.12 Å². The first-order valence-corrected chi connectivity index (χ1v) is 4.79. The third kappa shape index (κ3) is 4.27. The Bertz CT molecular complexity index is 206. The lowest BCUT2D eigenvalue weighted by molar-refractivity contribution is -0.0997. The van der Waals surface area contributed by atoms with Gasteiger partial charge in [-0.25, -0.2) is 0 Å². The highest BCUT2D eigenvalue weighted by atomic mass is 16.5. The molecule has 0 atom stereocenters. The minimum atomic E-state index is -0.997. The first-order chi connectivity index (χ1) is 6.06. The van der Waals surface area contributed by atoms with Crippen molar-refractivity contribution in [3.05, 3.63) is 12.2 Å². The zero-order valence-electron chi connectivity index (χ0n) is 9.79. The van der Waals surface area contributed by atoms with Gasteiger partial charge in [-0.15, -0.1) is 6.58 Å². The second kappa shape index (κ2) is 4.47. The van der Waals surface area contributed by atoms with Crippen molar-refractivity contribution in [2.24, 2.45) is 0 Å². The SMILES string of the molecule is C=C(C)CB(O)OC(C)(C)C(C)(C)O. The van der Waals surface area contributed by atoms with Crippen molar-refractivity contribution in [2.45, 2.75) is 52.1 Å². The van der Waals surface area contributed by atoms with E-state index in [1.807, 2.05) is 6.92 Å². The maximum atomic E-state index is 9.77. The van der Waals surface area contributed by atoms with Gasteiger partial charge in [0, 0.05) is 6.32 Å². The normalized spacial score (nSPS) is 12.8. The molecule has 0 rings (SSSR count). The minimum Gasteiger partial charge on any atom is -0.427 e. The van der Waals surface area contributed by atoms with E-state index in [9.17, 15) is 10.1 Å². The molecule has 14 heavy (non-hydrogen) atoms. The van der Waals surface area contributed by atoms with Gasteiger partial charge >= 0.3 is 7.12 Å². The lowest BCUT2D eigenvalue weighted by atomic mass is 9.78. The van der Waals surface area contributed by atoms with E-state index >= 15 is 0 Å². The fraction of sp³-hybridized carbons (Fsp3) is 0.800. The predicted octanol–water partition coefficient (Wildman–Crippen LogP) is 1.61. The van der Waals surface area contributed by atoms with E-state index in [0.29, 0.717) is 6.32 Å². The summed E-state index contributed by atoms with van der Waals surface area (Å²) in [7, 11) is -0.908. The van der Waals surface area contributed by atoms with E-state index in [1.54, 1.807) is 27.7 Å². The van der Waals surface area contributed by atoms with E-state index < -0.39 is 18.3 Å².